The molecule has 1 aromatic rings. The van der Waals surface area contributed by atoms with Crippen molar-refractivity contribution in [1.82, 2.24) is 4.90 Å². The second-order valence-corrected chi connectivity index (χ2v) is 8.51. The molecule has 1 heterocycles. The highest BCUT2D eigenvalue weighted by atomic mass is 32.3. The molecule has 0 radical (unpaired) electrons. The van der Waals surface area contributed by atoms with Gasteiger partial charge in [0.15, 0.2) is 0 Å². The largest absolute Gasteiger partial charge is 0.394 e. The summed E-state index contributed by atoms with van der Waals surface area (Å²) in [4.78, 5) is 2.65. The van der Waals surface area contributed by atoms with Gasteiger partial charge in [0.25, 0.3) is 0 Å². The number of rotatable bonds is 0. The van der Waals surface area contributed by atoms with Crippen LogP contribution in [-0.4, -0.2) is 42.1 Å². The lowest BCUT2D eigenvalue weighted by atomic mass is 9.52. The van der Waals surface area contributed by atoms with Crippen LogP contribution in [0.5, 0.6) is 0 Å². The summed E-state index contributed by atoms with van der Waals surface area (Å²) in [5.41, 5.74) is 5.38. The van der Waals surface area contributed by atoms with Crippen molar-refractivity contribution in [2.75, 3.05) is 13.6 Å². The van der Waals surface area contributed by atoms with Crippen molar-refractivity contribution in [2.45, 2.75) is 56.9 Å². The van der Waals surface area contributed by atoms with Gasteiger partial charge in [0, 0.05) is 11.5 Å². The first-order chi connectivity index (χ1) is 11.2. The zero-order valence-electron chi connectivity index (χ0n) is 14.4. The zero-order chi connectivity index (χ0) is 17.5. The molecule has 3 atom stereocenters. The number of piperidine rings is 1. The molecule has 6 heteroatoms. The van der Waals surface area contributed by atoms with Gasteiger partial charge in [0.2, 0.25) is 0 Å². The molecule has 0 amide bonds. The van der Waals surface area contributed by atoms with Gasteiger partial charge < -0.3 is 4.90 Å². The number of nitrogens with zero attached hydrogens (tertiary/aromatic N) is 1. The summed E-state index contributed by atoms with van der Waals surface area (Å²) in [6, 6.07) is 8.07. The lowest BCUT2D eigenvalue weighted by Gasteiger charge is -2.58. The molecule has 0 spiro atoms. The van der Waals surface area contributed by atoms with E-state index in [-0.39, 0.29) is 0 Å². The third kappa shape index (κ3) is 3.38. The first kappa shape index (κ1) is 17.9. The van der Waals surface area contributed by atoms with E-state index < -0.39 is 10.4 Å². The maximum absolute atomic E-state index is 8.74. The minimum Gasteiger partial charge on any atom is -0.303 e. The van der Waals surface area contributed by atoms with Crippen LogP contribution >= 0.6 is 0 Å². The fourth-order valence-electron chi connectivity index (χ4n) is 5.31. The van der Waals surface area contributed by atoms with Gasteiger partial charge in [0.05, 0.1) is 0 Å². The fraction of sp³-hybridized carbons (Fsp3) is 0.667. The Kier molecular flexibility index (Phi) is 4.77. The van der Waals surface area contributed by atoms with E-state index in [9.17, 15) is 0 Å². The Morgan fingerprint density at radius 3 is 2.62 bits per heavy atom. The molecule has 24 heavy (non-hydrogen) atoms. The Bertz CT molecular complexity index is 710. The van der Waals surface area contributed by atoms with E-state index in [0.717, 1.165) is 12.0 Å². The van der Waals surface area contributed by atoms with Crippen LogP contribution in [0.2, 0.25) is 0 Å². The van der Waals surface area contributed by atoms with Crippen molar-refractivity contribution in [3.8, 4) is 0 Å². The highest BCUT2D eigenvalue weighted by molar-refractivity contribution is 7.79. The second kappa shape index (κ2) is 6.41. The van der Waals surface area contributed by atoms with Crippen molar-refractivity contribution in [2.24, 2.45) is 5.92 Å². The molecule has 0 unspecified atom stereocenters. The average Bonchev–Trinajstić information content (AvgIpc) is 2.50. The molecule has 3 aliphatic rings. The fourth-order valence-corrected chi connectivity index (χ4v) is 5.31. The van der Waals surface area contributed by atoms with Crippen molar-refractivity contribution in [3.05, 3.63) is 34.9 Å². The van der Waals surface area contributed by atoms with Gasteiger partial charge >= 0.3 is 10.4 Å². The molecule has 2 N–H and O–H groups in total. The molecule has 134 valence electrons. The maximum atomic E-state index is 8.74. The van der Waals surface area contributed by atoms with Crippen LogP contribution in [0.25, 0.3) is 0 Å². The number of hydrogen-bond donors (Lipinski definition) is 2. The summed E-state index contributed by atoms with van der Waals surface area (Å²) in [6.07, 6.45) is 8.48. The van der Waals surface area contributed by atoms with E-state index in [0.29, 0.717) is 5.41 Å². The van der Waals surface area contributed by atoms with E-state index in [1.807, 2.05) is 0 Å². The van der Waals surface area contributed by atoms with Gasteiger partial charge in [-0.25, -0.2) is 0 Å². The number of aryl methyl sites for hydroxylation is 1. The van der Waals surface area contributed by atoms with Gasteiger partial charge in [-0.15, -0.1) is 0 Å². The van der Waals surface area contributed by atoms with Crippen LogP contribution in [-0.2, 0) is 22.2 Å². The number of likely N-dealkylation sites (tertiary alicyclic amines) is 1. The molecule has 1 aromatic carbocycles. The standard InChI is InChI=1S/C18H25N.H2O4S/c1-13-6-7-14-12-17-15-5-3-4-8-18(15,16(14)11-13)9-10-19(17)2;1-5(2,3)4/h6-7,11,15,17H,3-5,8-10,12H2,1-2H3;(H2,1,2,3,4)/t15-,17+,18+;/m1./s1. The minimum atomic E-state index is -4.67. The molecule has 2 bridgehead atoms. The third-order valence-corrected chi connectivity index (χ3v) is 6.27. The van der Waals surface area contributed by atoms with E-state index in [4.69, 9.17) is 17.5 Å². The van der Waals surface area contributed by atoms with Crippen LogP contribution in [0.15, 0.2) is 18.2 Å². The first-order valence-electron chi connectivity index (χ1n) is 8.71. The predicted molar refractivity (Wildman–Crippen MR) is 93.7 cm³/mol. The maximum Gasteiger partial charge on any atom is 0.394 e. The first-order valence-corrected chi connectivity index (χ1v) is 10.1. The van der Waals surface area contributed by atoms with Crippen molar-refractivity contribution in [1.29, 1.82) is 0 Å². The lowest BCUT2D eigenvalue weighted by Crippen LogP contribution is -2.59. The smallest absolute Gasteiger partial charge is 0.303 e. The van der Waals surface area contributed by atoms with Gasteiger partial charge in [0.1, 0.15) is 0 Å². The summed E-state index contributed by atoms with van der Waals surface area (Å²) in [5, 5.41) is 0. The topological polar surface area (TPSA) is 77.8 Å². The van der Waals surface area contributed by atoms with Gasteiger partial charge in [-0.3, -0.25) is 9.11 Å². The Labute approximate surface area is 144 Å². The van der Waals surface area contributed by atoms with E-state index >= 15 is 0 Å². The van der Waals surface area contributed by atoms with E-state index in [2.05, 4.69) is 37.1 Å². The molecule has 1 saturated heterocycles. The highest BCUT2D eigenvalue weighted by Crippen LogP contribution is 2.55. The Hall–Kier alpha value is -0.950. The molecule has 2 fully saturated rings. The summed E-state index contributed by atoms with van der Waals surface area (Å²) in [5.74, 6) is 0.925. The minimum absolute atomic E-state index is 0.537. The Balaban J connectivity index is 0.000000300. The summed E-state index contributed by atoms with van der Waals surface area (Å²) in [7, 11) is -2.32. The van der Waals surface area contributed by atoms with Crippen molar-refractivity contribution < 1.29 is 17.5 Å². The molecular weight excluding hydrogens is 326 g/mol. The Morgan fingerprint density at radius 1 is 1.21 bits per heavy atom. The lowest BCUT2D eigenvalue weighted by molar-refractivity contribution is 0.00283. The predicted octanol–water partition coefficient (Wildman–Crippen LogP) is 3.03. The zero-order valence-corrected chi connectivity index (χ0v) is 15.2. The second-order valence-electron chi connectivity index (χ2n) is 7.62. The normalized spacial score (nSPS) is 32.2. The van der Waals surface area contributed by atoms with Crippen LogP contribution in [0.1, 0.15) is 48.8 Å². The van der Waals surface area contributed by atoms with Crippen LogP contribution in [0.3, 0.4) is 0 Å². The average molecular weight is 353 g/mol. The van der Waals surface area contributed by atoms with Crippen LogP contribution < -0.4 is 0 Å². The molecular formula is C18H27NO4S. The number of hydrogen-bond acceptors (Lipinski definition) is 3. The van der Waals surface area contributed by atoms with E-state index in [1.54, 1.807) is 11.1 Å². The SMILES string of the molecule is Cc1ccc2c(c1)[C@]13CCCC[C@@H]1[C@H](C2)N(C)CC3.O=S(=O)(O)O. The molecule has 1 aliphatic heterocycles. The molecule has 4 rings (SSSR count). The quantitative estimate of drug-likeness (QED) is 0.701. The number of benzene rings is 1. The van der Waals surface area contributed by atoms with Gasteiger partial charge in [-0.2, -0.15) is 8.42 Å². The van der Waals surface area contributed by atoms with Gasteiger partial charge in [-0.1, -0.05) is 36.6 Å². The van der Waals surface area contributed by atoms with Crippen molar-refractivity contribution in [3.63, 3.8) is 0 Å². The summed E-state index contributed by atoms with van der Waals surface area (Å²) >= 11 is 0. The monoisotopic (exact) mass is 353 g/mol. The Morgan fingerprint density at radius 2 is 1.92 bits per heavy atom. The molecule has 0 aromatic heterocycles. The van der Waals surface area contributed by atoms with Crippen molar-refractivity contribution >= 4 is 10.4 Å². The number of fused-ring (bicyclic) bond motifs is 1. The molecule has 1 saturated carbocycles. The van der Waals surface area contributed by atoms with E-state index in [1.165, 1.54) is 50.6 Å². The third-order valence-electron chi connectivity index (χ3n) is 6.27. The summed E-state index contributed by atoms with van der Waals surface area (Å²) in [6.45, 7) is 3.56. The molecule has 5 nitrogen and oxygen atoms in total. The van der Waals surface area contributed by atoms with Crippen LogP contribution in [0.4, 0.5) is 0 Å². The molecule has 2 aliphatic carbocycles. The van der Waals surface area contributed by atoms with Gasteiger partial charge in [-0.05, 0) is 63.2 Å². The number of likely N-dealkylation sites (N-methyl/N-ethyl adjacent to an activating group) is 1. The summed E-state index contributed by atoms with van der Waals surface area (Å²) < 4.78 is 31.6. The van der Waals surface area contributed by atoms with Crippen LogP contribution in [0, 0.1) is 12.8 Å². The highest BCUT2D eigenvalue weighted by Gasteiger charge is 2.52.